The molecule has 19 heavy (non-hydrogen) atoms. The Morgan fingerprint density at radius 2 is 2.05 bits per heavy atom. The third-order valence-corrected chi connectivity index (χ3v) is 3.22. The van der Waals surface area contributed by atoms with Crippen molar-refractivity contribution in [3.05, 3.63) is 18.0 Å². The summed E-state index contributed by atoms with van der Waals surface area (Å²) in [5.41, 5.74) is 1.07. The van der Waals surface area contributed by atoms with Crippen molar-refractivity contribution >= 4 is 5.95 Å². The van der Waals surface area contributed by atoms with Gasteiger partial charge in [-0.05, 0) is 37.7 Å². The quantitative estimate of drug-likeness (QED) is 0.764. The summed E-state index contributed by atoms with van der Waals surface area (Å²) in [6, 6.07) is 0. The first-order valence-corrected chi connectivity index (χ1v) is 7.02. The van der Waals surface area contributed by atoms with Crippen molar-refractivity contribution in [2.24, 2.45) is 5.92 Å². The molecule has 106 valence electrons. The largest absolute Gasteiger partial charge is 0.381 e. The molecule has 0 bridgehead atoms. The van der Waals surface area contributed by atoms with Crippen LogP contribution in [-0.4, -0.2) is 42.9 Å². The molecule has 1 aromatic rings. The van der Waals surface area contributed by atoms with Gasteiger partial charge in [0, 0.05) is 45.4 Å². The maximum absolute atomic E-state index is 5.69. The van der Waals surface area contributed by atoms with Gasteiger partial charge in [-0.25, -0.2) is 9.97 Å². The molecule has 0 amide bonds. The molecule has 1 aliphatic rings. The fourth-order valence-corrected chi connectivity index (χ4v) is 2.02. The molecular formula is C14H23N3O2. The Bertz CT molecular complexity index is 350. The molecule has 2 heterocycles. The summed E-state index contributed by atoms with van der Waals surface area (Å²) in [5.74, 6) is 1.37. The van der Waals surface area contributed by atoms with E-state index in [1.165, 1.54) is 0 Å². The maximum Gasteiger partial charge on any atom is 0.222 e. The summed E-state index contributed by atoms with van der Waals surface area (Å²) in [5, 5.41) is 3.19. The number of nitrogens with zero attached hydrogens (tertiary/aromatic N) is 2. The van der Waals surface area contributed by atoms with Crippen LogP contribution in [-0.2, 0) is 9.47 Å². The summed E-state index contributed by atoms with van der Waals surface area (Å²) in [7, 11) is 0. The van der Waals surface area contributed by atoms with Crippen LogP contribution >= 0.6 is 0 Å². The van der Waals surface area contributed by atoms with E-state index in [0.29, 0.717) is 11.9 Å². The predicted molar refractivity (Wildman–Crippen MR) is 74.2 cm³/mol. The number of rotatable bonds is 7. The second kappa shape index (κ2) is 8.07. The molecule has 1 aromatic heterocycles. The molecule has 0 aliphatic carbocycles. The number of aryl methyl sites for hydroxylation is 1. The van der Waals surface area contributed by atoms with Crippen molar-refractivity contribution in [3.63, 3.8) is 0 Å². The molecule has 2 rings (SSSR count). The molecule has 0 atom stereocenters. The van der Waals surface area contributed by atoms with Crippen molar-refractivity contribution in [2.75, 3.05) is 38.3 Å². The van der Waals surface area contributed by atoms with Crippen molar-refractivity contribution in [2.45, 2.75) is 26.2 Å². The Labute approximate surface area is 114 Å². The van der Waals surface area contributed by atoms with Crippen LogP contribution in [0.1, 0.15) is 24.8 Å². The SMILES string of the molecule is Cc1cnc(NCCCOCC2CCOCC2)nc1. The van der Waals surface area contributed by atoms with Crippen molar-refractivity contribution in [1.82, 2.24) is 9.97 Å². The van der Waals surface area contributed by atoms with Gasteiger partial charge in [0.1, 0.15) is 0 Å². The first kappa shape index (κ1) is 14.2. The van der Waals surface area contributed by atoms with Gasteiger partial charge < -0.3 is 14.8 Å². The minimum absolute atomic E-state index is 0.683. The second-order valence-electron chi connectivity index (χ2n) is 5.00. The summed E-state index contributed by atoms with van der Waals surface area (Å²) in [6.07, 6.45) is 6.87. The third kappa shape index (κ3) is 5.53. The molecule has 5 heteroatoms. The van der Waals surface area contributed by atoms with Gasteiger partial charge in [0.15, 0.2) is 0 Å². The van der Waals surface area contributed by atoms with Gasteiger partial charge in [-0.2, -0.15) is 0 Å². The summed E-state index contributed by atoms with van der Waals surface area (Å²) >= 11 is 0. The highest BCUT2D eigenvalue weighted by molar-refractivity contribution is 5.23. The predicted octanol–water partition coefficient (Wildman–Crippen LogP) is 2.03. The van der Waals surface area contributed by atoms with E-state index in [1.807, 2.05) is 19.3 Å². The summed E-state index contributed by atoms with van der Waals surface area (Å²) in [6.45, 7) is 6.26. The van der Waals surface area contributed by atoms with Gasteiger partial charge in [-0.1, -0.05) is 0 Å². The molecule has 0 saturated carbocycles. The van der Waals surface area contributed by atoms with Gasteiger partial charge in [-0.3, -0.25) is 0 Å². The van der Waals surface area contributed by atoms with Gasteiger partial charge in [0.25, 0.3) is 0 Å². The van der Waals surface area contributed by atoms with E-state index in [4.69, 9.17) is 9.47 Å². The van der Waals surface area contributed by atoms with Crippen LogP contribution in [0.5, 0.6) is 0 Å². The molecule has 1 saturated heterocycles. The van der Waals surface area contributed by atoms with Crippen LogP contribution in [0.15, 0.2) is 12.4 Å². The molecule has 1 fully saturated rings. The van der Waals surface area contributed by atoms with E-state index < -0.39 is 0 Å². The fourth-order valence-electron chi connectivity index (χ4n) is 2.02. The van der Waals surface area contributed by atoms with E-state index >= 15 is 0 Å². The number of nitrogens with one attached hydrogen (secondary N) is 1. The van der Waals surface area contributed by atoms with Crippen LogP contribution < -0.4 is 5.32 Å². The topological polar surface area (TPSA) is 56.3 Å². The lowest BCUT2D eigenvalue weighted by Gasteiger charge is -2.21. The van der Waals surface area contributed by atoms with E-state index in [0.717, 1.165) is 57.8 Å². The van der Waals surface area contributed by atoms with Gasteiger partial charge >= 0.3 is 0 Å². The lowest BCUT2D eigenvalue weighted by molar-refractivity contribution is 0.0206. The minimum atomic E-state index is 0.683. The molecule has 5 nitrogen and oxygen atoms in total. The zero-order chi connectivity index (χ0) is 13.3. The number of anilines is 1. The molecular weight excluding hydrogens is 242 g/mol. The molecule has 1 N–H and O–H groups in total. The molecule has 1 aliphatic heterocycles. The number of hydrogen-bond acceptors (Lipinski definition) is 5. The van der Waals surface area contributed by atoms with Gasteiger partial charge in [0.05, 0.1) is 0 Å². The van der Waals surface area contributed by atoms with E-state index in [2.05, 4.69) is 15.3 Å². The zero-order valence-electron chi connectivity index (χ0n) is 11.6. The van der Waals surface area contributed by atoms with Crippen molar-refractivity contribution in [1.29, 1.82) is 0 Å². The normalized spacial score (nSPS) is 16.5. The first-order valence-electron chi connectivity index (χ1n) is 7.02. The van der Waals surface area contributed by atoms with Crippen molar-refractivity contribution in [3.8, 4) is 0 Å². The number of hydrogen-bond donors (Lipinski definition) is 1. The standard InChI is InChI=1S/C14H23N3O2/c1-12-9-16-14(17-10-12)15-5-2-6-19-11-13-3-7-18-8-4-13/h9-10,13H,2-8,11H2,1H3,(H,15,16,17). The Balaban J connectivity index is 1.49. The van der Waals surface area contributed by atoms with Gasteiger partial charge in [0.2, 0.25) is 5.95 Å². The highest BCUT2D eigenvalue weighted by atomic mass is 16.5. The van der Waals surface area contributed by atoms with Crippen LogP contribution in [0.3, 0.4) is 0 Å². The van der Waals surface area contributed by atoms with E-state index in [-0.39, 0.29) is 0 Å². The molecule has 0 aromatic carbocycles. The lowest BCUT2D eigenvalue weighted by atomic mass is 10.0. The Hall–Kier alpha value is -1.20. The van der Waals surface area contributed by atoms with Crippen molar-refractivity contribution < 1.29 is 9.47 Å². The highest BCUT2D eigenvalue weighted by Gasteiger charge is 2.13. The Kier molecular flexibility index (Phi) is 6.04. The highest BCUT2D eigenvalue weighted by Crippen LogP contribution is 2.14. The zero-order valence-corrected chi connectivity index (χ0v) is 11.6. The number of ether oxygens (including phenoxy) is 2. The Morgan fingerprint density at radius 1 is 1.32 bits per heavy atom. The maximum atomic E-state index is 5.69. The minimum Gasteiger partial charge on any atom is -0.381 e. The molecule has 0 spiro atoms. The fraction of sp³-hybridized carbons (Fsp3) is 0.714. The smallest absolute Gasteiger partial charge is 0.222 e. The lowest BCUT2D eigenvalue weighted by Crippen LogP contribution is -2.20. The van der Waals surface area contributed by atoms with Crippen LogP contribution in [0.2, 0.25) is 0 Å². The van der Waals surface area contributed by atoms with Crippen LogP contribution in [0.4, 0.5) is 5.95 Å². The molecule has 0 radical (unpaired) electrons. The summed E-state index contributed by atoms with van der Waals surface area (Å²) < 4.78 is 11.0. The van der Waals surface area contributed by atoms with E-state index in [1.54, 1.807) is 0 Å². The average Bonchev–Trinajstić information content (AvgIpc) is 2.46. The van der Waals surface area contributed by atoms with Crippen LogP contribution in [0.25, 0.3) is 0 Å². The first-order chi connectivity index (χ1) is 9.34. The molecule has 0 unspecified atom stereocenters. The Morgan fingerprint density at radius 3 is 2.79 bits per heavy atom. The summed E-state index contributed by atoms with van der Waals surface area (Å²) in [4.78, 5) is 8.39. The number of aromatic nitrogens is 2. The average molecular weight is 265 g/mol. The van der Waals surface area contributed by atoms with E-state index in [9.17, 15) is 0 Å². The third-order valence-electron chi connectivity index (χ3n) is 3.22. The second-order valence-corrected chi connectivity index (χ2v) is 5.00. The van der Waals surface area contributed by atoms with Crippen LogP contribution in [0, 0.1) is 12.8 Å². The van der Waals surface area contributed by atoms with Gasteiger partial charge in [-0.15, -0.1) is 0 Å². The monoisotopic (exact) mass is 265 g/mol.